The van der Waals surface area contributed by atoms with Gasteiger partial charge in [-0.2, -0.15) is 0 Å². The molecule has 6 nitrogen and oxygen atoms in total. The van der Waals surface area contributed by atoms with E-state index >= 15 is 0 Å². The van der Waals surface area contributed by atoms with Crippen LogP contribution >= 0.6 is 0 Å². The zero-order valence-corrected chi connectivity index (χ0v) is 12.6. The molecular weight excluding hydrogens is 262 g/mol. The zero-order valence-electron chi connectivity index (χ0n) is 12.6. The van der Waals surface area contributed by atoms with E-state index in [4.69, 9.17) is 14.6 Å². The number of rotatable bonds is 5. The third-order valence-electron chi connectivity index (χ3n) is 3.11. The van der Waals surface area contributed by atoms with E-state index in [1.807, 2.05) is 0 Å². The van der Waals surface area contributed by atoms with Crippen molar-refractivity contribution in [2.24, 2.45) is 0 Å². The Labute approximate surface area is 120 Å². The van der Waals surface area contributed by atoms with Gasteiger partial charge in [-0.1, -0.05) is 0 Å². The Balaban J connectivity index is 2.23. The van der Waals surface area contributed by atoms with E-state index in [1.165, 1.54) is 4.90 Å². The largest absolute Gasteiger partial charge is 0.465 e. The maximum absolute atomic E-state index is 11.4. The normalized spacial score (nSPS) is 19.8. The summed E-state index contributed by atoms with van der Waals surface area (Å²) < 4.78 is 10.4. The van der Waals surface area contributed by atoms with E-state index in [9.17, 15) is 9.59 Å². The summed E-state index contributed by atoms with van der Waals surface area (Å²) >= 11 is 0. The fourth-order valence-corrected chi connectivity index (χ4v) is 2.30. The molecule has 1 saturated heterocycles. The molecule has 1 atom stereocenters. The lowest BCUT2D eigenvalue weighted by atomic mass is 10.0. The minimum atomic E-state index is -0.873. The maximum atomic E-state index is 11.4. The van der Waals surface area contributed by atoms with Gasteiger partial charge < -0.3 is 19.5 Å². The van der Waals surface area contributed by atoms with Crippen LogP contribution in [0, 0.1) is 0 Å². The van der Waals surface area contributed by atoms with Gasteiger partial charge >= 0.3 is 12.1 Å². The molecule has 0 aromatic carbocycles. The number of carbonyl (C=O) groups is 2. The molecule has 1 fully saturated rings. The quantitative estimate of drug-likeness (QED) is 0.620. The predicted octanol–water partition coefficient (Wildman–Crippen LogP) is 2.27. The summed E-state index contributed by atoms with van der Waals surface area (Å²) in [6.45, 7) is 6.28. The molecular formula is C14H25NO5. The van der Waals surface area contributed by atoms with Gasteiger partial charge in [-0.05, 0) is 46.5 Å². The lowest BCUT2D eigenvalue weighted by molar-refractivity contribution is -0.160. The Kier molecular flexibility index (Phi) is 6.26. The molecule has 0 saturated carbocycles. The first kappa shape index (κ1) is 16.8. The van der Waals surface area contributed by atoms with E-state index in [1.54, 1.807) is 20.8 Å². The number of amides is 1. The Hall–Kier alpha value is -1.30. The van der Waals surface area contributed by atoms with Crippen LogP contribution in [0.1, 0.15) is 46.5 Å². The number of piperidine rings is 1. The second-order valence-corrected chi connectivity index (χ2v) is 6.05. The van der Waals surface area contributed by atoms with Crippen molar-refractivity contribution in [1.29, 1.82) is 0 Å². The van der Waals surface area contributed by atoms with Gasteiger partial charge in [-0.25, -0.2) is 9.59 Å². The standard InChI is InChI=1S/C14H25NO5/c1-14(2,3)20-12(16)10-19-9-7-11-6-4-5-8-15(11)13(17)18/h11H,4-10H2,1-3H3,(H,17,18)/t11-/m0/s1. The number of carbonyl (C=O) groups excluding carboxylic acids is 1. The average Bonchev–Trinajstić information content (AvgIpc) is 2.33. The highest BCUT2D eigenvalue weighted by Gasteiger charge is 2.26. The van der Waals surface area contributed by atoms with Gasteiger partial charge in [0.1, 0.15) is 12.2 Å². The summed E-state index contributed by atoms with van der Waals surface area (Å²) in [5.41, 5.74) is -0.510. The summed E-state index contributed by atoms with van der Waals surface area (Å²) in [5, 5.41) is 9.09. The Morgan fingerprint density at radius 3 is 2.60 bits per heavy atom. The molecule has 0 radical (unpaired) electrons. The average molecular weight is 287 g/mol. The van der Waals surface area contributed by atoms with Crippen molar-refractivity contribution in [2.45, 2.75) is 58.1 Å². The van der Waals surface area contributed by atoms with Crippen molar-refractivity contribution in [3.05, 3.63) is 0 Å². The summed E-state index contributed by atoms with van der Waals surface area (Å²) in [7, 11) is 0. The predicted molar refractivity (Wildman–Crippen MR) is 73.7 cm³/mol. The Morgan fingerprint density at radius 2 is 2.00 bits per heavy atom. The van der Waals surface area contributed by atoms with E-state index in [-0.39, 0.29) is 12.6 Å². The smallest absolute Gasteiger partial charge is 0.407 e. The van der Waals surface area contributed by atoms with E-state index < -0.39 is 17.7 Å². The lowest BCUT2D eigenvalue weighted by Crippen LogP contribution is -2.43. The fraction of sp³-hybridized carbons (Fsp3) is 0.857. The molecule has 1 heterocycles. The van der Waals surface area contributed by atoms with Crippen LogP contribution in [0.4, 0.5) is 4.79 Å². The van der Waals surface area contributed by atoms with Gasteiger partial charge in [0.15, 0.2) is 0 Å². The van der Waals surface area contributed by atoms with Gasteiger partial charge in [0.2, 0.25) is 0 Å². The number of hydrogen-bond acceptors (Lipinski definition) is 4. The van der Waals surface area contributed by atoms with Crippen LogP contribution in [-0.2, 0) is 14.3 Å². The second kappa shape index (κ2) is 7.47. The van der Waals surface area contributed by atoms with Crippen LogP contribution in [0.5, 0.6) is 0 Å². The van der Waals surface area contributed by atoms with Crippen molar-refractivity contribution < 1.29 is 24.2 Å². The van der Waals surface area contributed by atoms with Crippen LogP contribution in [0.25, 0.3) is 0 Å². The van der Waals surface area contributed by atoms with Crippen LogP contribution in [0.2, 0.25) is 0 Å². The molecule has 116 valence electrons. The minimum absolute atomic E-state index is 0.000105. The highest BCUT2D eigenvalue weighted by molar-refractivity contribution is 5.71. The monoisotopic (exact) mass is 287 g/mol. The number of ether oxygens (including phenoxy) is 2. The molecule has 20 heavy (non-hydrogen) atoms. The molecule has 1 aliphatic heterocycles. The van der Waals surface area contributed by atoms with Crippen LogP contribution in [-0.4, -0.2) is 53.5 Å². The number of likely N-dealkylation sites (tertiary alicyclic amines) is 1. The maximum Gasteiger partial charge on any atom is 0.407 e. The second-order valence-electron chi connectivity index (χ2n) is 6.05. The van der Waals surface area contributed by atoms with Crippen molar-refractivity contribution in [2.75, 3.05) is 19.8 Å². The molecule has 1 N–H and O–H groups in total. The number of nitrogens with zero attached hydrogens (tertiary/aromatic N) is 1. The molecule has 0 bridgehead atoms. The van der Waals surface area contributed by atoms with E-state index in [0.717, 1.165) is 19.3 Å². The first-order valence-electron chi connectivity index (χ1n) is 7.09. The van der Waals surface area contributed by atoms with Crippen LogP contribution in [0.3, 0.4) is 0 Å². The summed E-state index contributed by atoms with van der Waals surface area (Å²) in [6, 6.07) is -0.000105. The molecule has 0 spiro atoms. The molecule has 1 rings (SSSR count). The van der Waals surface area contributed by atoms with Crippen molar-refractivity contribution in [3.8, 4) is 0 Å². The van der Waals surface area contributed by atoms with Crippen LogP contribution in [0.15, 0.2) is 0 Å². The molecule has 0 unspecified atom stereocenters. The summed E-state index contributed by atoms with van der Waals surface area (Å²) in [6.07, 6.45) is 2.57. The zero-order chi connectivity index (χ0) is 15.2. The SMILES string of the molecule is CC(C)(C)OC(=O)COCC[C@@H]1CCCCN1C(=O)O. The van der Waals surface area contributed by atoms with Gasteiger partial charge in [-0.3, -0.25) is 0 Å². The fourth-order valence-electron chi connectivity index (χ4n) is 2.30. The van der Waals surface area contributed by atoms with Gasteiger partial charge in [0, 0.05) is 19.2 Å². The number of esters is 1. The Morgan fingerprint density at radius 1 is 1.30 bits per heavy atom. The summed E-state index contributed by atoms with van der Waals surface area (Å²) in [5.74, 6) is -0.392. The van der Waals surface area contributed by atoms with Gasteiger partial charge in [-0.15, -0.1) is 0 Å². The number of hydrogen-bond donors (Lipinski definition) is 1. The topological polar surface area (TPSA) is 76.1 Å². The van der Waals surface area contributed by atoms with E-state index in [0.29, 0.717) is 19.6 Å². The highest BCUT2D eigenvalue weighted by atomic mass is 16.6. The highest BCUT2D eigenvalue weighted by Crippen LogP contribution is 2.19. The lowest BCUT2D eigenvalue weighted by Gasteiger charge is -2.33. The van der Waals surface area contributed by atoms with Gasteiger partial charge in [0.25, 0.3) is 0 Å². The third-order valence-corrected chi connectivity index (χ3v) is 3.11. The van der Waals surface area contributed by atoms with Crippen molar-refractivity contribution in [1.82, 2.24) is 4.90 Å². The summed E-state index contributed by atoms with van der Waals surface area (Å²) in [4.78, 5) is 24.0. The molecule has 0 aromatic heterocycles. The molecule has 1 amide bonds. The van der Waals surface area contributed by atoms with Crippen LogP contribution < -0.4 is 0 Å². The number of carboxylic acid groups (broad SMARTS) is 1. The Bertz CT molecular complexity index is 337. The third kappa shape index (κ3) is 6.23. The molecule has 0 aliphatic carbocycles. The molecule has 0 aromatic rings. The molecule has 1 aliphatic rings. The van der Waals surface area contributed by atoms with Crippen molar-refractivity contribution >= 4 is 12.1 Å². The van der Waals surface area contributed by atoms with Crippen molar-refractivity contribution in [3.63, 3.8) is 0 Å². The first-order valence-corrected chi connectivity index (χ1v) is 7.09. The van der Waals surface area contributed by atoms with Gasteiger partial charge in [0.05, 0.1) is 0 Å². The minimum Gasteiger partial charge on any atom is -0.465 e. The van der Waals surface area contributed by atoms with E-state index in [2.05, 4.69) is 0 Å². The first-order chi connectivity index (χ1) is 9.29. The molecule has 6 heteroatoms.